The van der Waals surface area contributed by atoms with Gasteiger partial charge in [-0.25, -0.2) is 13.6 Å². The fourth-order valence-electron chi connectivity index (χ4n) is 2.44. The highest BCUT2D eigenvalue weighted by molar-refractivity contribution is 7.89. The number of carboxylic acid groups (broad SMARTS) is 1. The van der Waals surface area contributed by atoms with E-state index in [1.54, 1.807) is 4.90 Å². The number of likely N-dealkylation sites (tertiary alicyclic amines) is 1. The summed E-state index contributed by atoms with van der Waals surface area (Å²) in [6.07, 6.45) is 3.59. The Hall–Kier alpha value is -1.15. The minimum atomic E-state index is -3.53. The van der Waals surface area contributed by atoms with Crippen LogP contribution in [0.15, 0.2) is 0 Å². The Morgan fingerprint density at radius 3 is 2.55 bits per heavy atom. The summed E-state index contributed by atoms with van der Waals surface area (Å²) in [6.45, 7) is 1.05. The van der Waals surface area contributed by atoms with Crippen molar-refractivity contribution in [1.82, 2.24) is 4.90 Å². The van der Waals surface area contributed by atoms with Gasteiger partial charge in [0.15, 0.2) is 0 Å². The number of carbonyl (C=O) groups excluding carboxylic acids is 1. The van der Waals surface area contributed by atoms with Crippen molar-refractivity contribution in [3.8, 4) is 0 Å². The van der Waals surface area contributed by atoms with E-state index in [1.807, 2.05) is 0 Å². The highest BCUT2D eigenvalue weighted by atomic mass is 32.2. The molecule has 0 aromatic rings. The van der Waals surface area contributed by atoms with Crippen LogP contribution in [0.25, 0.3) is 0 Å². The lowest BCUT2D eigenvalue weighted by Gasteiger charge is -2.16. The number of sulfonamides is 1. The number of primary sulfonamides is 1. The number of aliphatic carboxylic acids is 1. The van der Waals surface area contributed by atoms with E-state index >= 15 is 0 Å². The van der Waals surface area contributed by atoms with Crippen LogP contribution in [0.4, 0.5) is 0 Å². The number of nitrogens with zero attached hydrogens (tertiary/aromatic N) is 1. The van der Waals surface area contributed by atoms with E-state index in [0.717, 1.165) is 19.3 Å². The second-order valence-corrected chi connectivity index (χ2v) is 6.96. The van der Waals surface area contributed by atoms with Gasteiger partial charge in [0.1, 0.15) is 0 Å². The van der Waals surface area contributed by atoms with Gasteiger partial charge in [-0.05, 0) is 12.8 Å². The average molecular weight is 306 g/mol. The van der Waals surface area contributed by atoms with Crippen LogP contribution in [0, 0.1) is 5.92 Å². The summed E-state index contributed by atoms with van der Waals surface area (Å²) in [7, 11) is -3.53. The number of unbranched alkanes of at least 4 members (excludes halogenated alkanes) is 3. The van der Waals surface area contributed by atoms with Crippen molar-refractivity contribution >= 4 is 21.9 Å². The van der Waals surface area contributed by atoms with Crippen molar-refractivity contribution in [2.75, 3.05) is 18.8 Å². The van der Waals surface area contributed by atoms with Crippen molar-refractivity contribution < 1.29 is 23.1 Å². The molecular weight excluding hydrogens is 284 g/mol. The van der Waals surface area contributed by atoms with Crippen molar-refractivity contribution in [3.05, 3.63) is 0 Å². The zero-order valence-corrected chi connectivity index (χ0v) is 12.3. The van der Waals surface area contributed by atoms with Gasteiger partial charge in [0.05, 0.1) is 5.75 Å². The molecule has 8 heteroatoms. The number of nitrogens with two attached hydrogens (primary N) is 1. The van der Waals surface area contributed by atoms with Gasteiger partial charge in [0.2, 0.25) is 15.9 Å². The van der Waals surface area contributed by atoms with Gasteiger partial charge in [0, 0.05) is 31.8 Å². The highest BCUT2D eigenvalue weighted by Gasteiger charge is 2.31. The molecule has 1 atom stereocenters. The predicted octanol–water partition coefficient (Wildman–Crippen LogP) is 0.159. The molecule has 1 aliphatic heterocycles. The molecular formula is C12H22N2O5S. The van der Waals surface area contributed by atoms with E-state index in [1.165, 1.54) is 0 Å². The molecule has 1 saturated heterocycles. The standard InChI is InChI=1S/C12H22N2O5S/c13-20(18,19)9-10-7-11(15)14(8-10)6-4-2-1-3-5-12(16)17/h10H,1-9H2,(H,16,17)(H2,13,18,19). The Morgan fingerprint density at radius 2 is 1.95 bits per heavy atom. The monoisotopic (exact) mass is 306 g/mol. The van der Waals surface area contributed by atoms with Gasteiger partial charge in [-0.1, -0.05) is 12.8 Å². The fraction of sp³-hybridized carbons (Fsp3) is 0.833. The van der Waals surface area contributed by atoms with Crippen molar-refractivity contribution in [1.29, 1.82) is 0 Å². The lowest BCUT2D eigenvalue weighted by Crippen LogP contribution is -2.28. The zero-order valence-electron chi connectivity index (χ0n) is 11.5. The Labute approximate surface area is 119 Å². The Balaban J connectivity index is 2.18. The Kier molecular flexibility index (Phi) is 6.41. The van der Waals surface area contributed by atoms with E-state index in [2.05, 4.69) is 0 Å². The normalized spacial score (nSPS) is 19.6. The molecule has 3 N–H and O–H groups in total. The fourth-order valence-corrected chi connectivity index (χ4v) is 3.32. The Morgan fingerprint density at radius 1 is 1.30 bits per heavy atom. The number of carbonyl (C=O) groups is 2. The van der Waals surface area contributed by atoms with E-state index < -0.39 is 16.0 Å². The molecule has 1 unspecified atom stereocenters. The quantitative estimate of drug-likeness (QED) is 0.588. The molecule has 0 aromatic carbocycles. The molecule has 1 amide bonds. The van der Waals surface area contributed by atoms with Crippen LogP contribution < -0.4 is 5.14 Å². The molecule has 0 bridgehead atoms. The summed E-state index contributed by atoms with van der Waals surface area (Å²) in [5.74, 6) is -1.16. The molecule has 20 heavy (non-hydrogen) atoms. The lowest BCUT2D eigenvalue weighted by molar-refractivity contribution is -0.137. The number of amides is 1. The zero-order chi connectivity index (χ0) is 15.2. The van der Waals surface area contributed by atoms with E-state index in [-0.39, 0.29) is 30.4 Å². The predicted molar refractivity (Wildman–Crippen MR) is 73.4 cm³/mol. The lowest BCUT2D eigenvalue weighted by atomic mass is 10.1. The molecule has 0 saturated carbocycles. The van der Waals surface area contributed by atoms with Crippen LogP contribution in [0.3, 0.4) is 0 Å². The van der Waals surface area contributed by atoms with Crippen LogP contribution in [0.1, 0.15) is 38.5 Å². The molecule has 0 aliphatic carbocycles. The molecule has 116 valence electrons. The van der Waals surface area contributed by atoms with Gasteiger partial charge in [0.25, 0.3) is 0 Å². The van der Waals surface area contributed by atoms with Gasteiger partial charge >= 0.3 is 5.97 Å². The summed E-state index contributed by atoms with van der Waals surface area (Å²) in [6, 6.07) is 0. The molecule has 0 aromatic heterocycles. The van der Waals surface area contributed by atoms with Crippen LogP contribution in [-0.4, -0.2) is 49.1 Å². The molecule has 7 nitrogen and oxygen atoms in total. The first-order valence-electron chi connectivity index (χ1n) is 6.78. The van der Waals surface area contributed by atoms with Crippen molar-refractivity contribution in [2.24, 2.45) is 11.1 Å². The number of rotatable bonds is 9. The average Bonchev–Trinajstić information content (AvgIpc) is 2.61. The Bertz CT molecular complexity index is 449. The first kappa shape index (κ1) is 16.9. The van der Waals surface area contributed by atoms with Gasteiger partial charge < -0.3 is 10.0 Å². The number of hydrogen-bond acceptors (Lipinski definition) is 4. The number of carboxylic acids is 1. The molecule has 0 radical (unpaired) electrons. The van der Waals surface area contributed by atoms with Crippen LogP contribution >= 0.6 is 0 Å². The topological polar surface area (TPSA) is 118 Å². The van der Waals surface area contributed by atoms with E-state index in [4.69, 9.17) is 10.2 Å². The second kappa shape index (κ2) is 7.58. The highest BCUT2D eigenvalue weighted by Crippen LogP contribution is 2.19. The minimum absolute atomic E-state index is 0.0239. The largest absolute Gasteiger partial charge is 0.481 e. The van der Waals surface area contributed by atoms with Gasteiger partial charge in [-0.3, -0.25) is 9.59 Å². The summed E-state index contributed by atoms with van der Waals surface area (Å²) in [4.78, 5) is 23.7. The van der Waals surface area contributed by atoms with Gasteiger partial charge in [-0.15, -0.1) is 0 Å². The molecule has 1 aliphatic rings. The van der Waals surface area contributed by atoms with E-state index in [9.17, 15) is 18.0 Å². The minimum Gasteiger partial charge on any atom is -0.481 e. The van der Waals surface area contributed by atoms with Crippen LogP contribution in [0.5, 0.6) is 0 Å². The first-order valence-corrected chi connectivity index (χ1v) is 8.49. The van der Waals surface area contributed by atoms with Crippen LogP contribution in [0.2, 0.25) is 0 Å². The summed E-state index contributed by atoms with van der Waals surface area (Å²) >= 11 is 0. The third-order valence-electron chi connectivity index (χ3n) is 3.33. The van der Waals surface area contributed by atoms with Crippen molar-refractivity contribution in [3.63, 3.8) is 0 Å². The molecule has 0 spiro atoms. The summed E-state index contributed by atoms with van der Waals surface area (Å²) in [5.41, 5.74) is 0. The molecule has 1 heterocycles. The SMILES string of the molecule is NS(=O)(=O)CC1CC(=O)N(CCCCCCC(=O)O)C1. The maximum absolute atomic E-state index is 11.7. The summed E-state index contributed by atoms with van der Waals surface area (Å²) < 4.78 is 22.0. The summed E-state index contributed by atoms with van der Waals surface area (Å²) in [5, 5.41) is 13.5. The van der Waals surface area contributed by atoms with Gasteiger partial charge in [-0.2, -0.15) is 0 Å². The second-order valence-electron chi connectivity index (χ2n) is 5.30. The van der Waals surface area contributed by atoms with E-state index in [0.29, 0.717) is 19.5 Å². The maximum Gasteiger partial charge on any atom is 0.303 e. The third kappa shape index (κ3) is 6.85. The molecule has 1 fully saturated rings. The smallest absolute Gasteiger partial charge is 0.303 e. The van der Waals surface area contributed by atoms with Crippen molar-refractivity contribution in [2.45, 2.75) is 38.5 Å². The van der Waals surface area contributed by atoms with Crippen LogP contribution in [-0.2, 0) is 19.6 Å². The number of hydrogen-bond donors (Lipinski definition) is 2. The molecule has 1 rings (SSSR count). The maximum atomic E-state index is 11.7. The third-order valence-corrected chi connectivity index (χ3v) is 4.27. The first-order chi connectivity index (χ1) is 9.28.